The summed E-state index contributed by atoms with van der Waals surface area (Å²) in [6, 6.07) is 10.6. The largest absolute Gasteiger partial charge is 0.336 e. The maximum Gasteiger partial charge on any atom is 0.336 e. The van der Waals surface area contributed by atoms with E-state index >= 15 is 0 Å². The number of amides is 1. The van der Waals surface area contributed by atoms with Crippen LogP contribution in [0.15, 0.2) is 57.4 Å². The molecule has 0 aliphatic carbocycles. The van der Waals surface area contributed by atoms with Gasteiger partial charge in [-0.05, 0) is 66.8 Å². The molecule has 0 spiro atoms. The van der Waals surface area contributed by atoms with Gasteiger partial charge in [-0.25, -0.2) is 13.8 Å². The fourth-order valence-corrected chi connectivity index (χ4v) is 4.34. The number of thiophene rings is 1. The Morgan fingerprint density at radius 3 is 2.58 bits per heavy atom. The lowest BCUT2D eigenvalue weighted by Gasteiger charge is -2.14. The van der Waals surface area contributed by atoms with Crippen LogP contribution in [0.4, 0.5) is 10.1 Å². The van der Waals surface area contributed by atoms with Gasteiger partial charge < -0.3 is 5.32 Å². The Hall–Kier alpha value is -3.23. The number of carbonyl (C=O) groups is 1. The number of rotatable bonds is 4. The Balaban J connectivity index is 1.80. The molecule has 0 fully saturated rings. The summed E-state index contributed by atoms with van der Waals surface area (Å²) in [4.78, 5) is 39.0. The molecule has 1 N–H and O–H groups in total. The molecule has 0 aliphatic rings. The van der Waals surface area contributed by atoms with Gasteiger partial charge >= 0.3 is 5.69 Å². The number of benzene rings is 2. The van der Waals surface area contributed by atoms with Crippen molar-refractivity contribution in [3.8, 4) is 5.69 Å². The van der Waals surface area contributed by atoms with Crippen molar-refractivity contribution < 1.29 is 9.18 Å². The molecule has 2 aromatic carbocycles. The van der Waals surface area contributed by atoms with Crippen molar-refractivity contribution in [2.24, 2.45) is 0 Å². The van der Waals surface area contributed by atoms with Gasteiger partial charge in [0.25, 0.3) is 5.56 Å². The molecule has 0 bridgehead atoms. The molecule has 158 valence electrons. The zero-order valence-electron chi connectivity index (χ0n) is 16.6. The lowest BCUT2D eigenvalue weighted by Crippen LogP contribution is -2.40. The quantitative estimate of drug-likeness (QED) is 0.497. The first-order valence-corrected chi connectivity index (χ1v) is 10.6. The van der Waals surface area contributed by atoms with Gasteiger partial charge in [-0.2, -0.15) is 0 Å². The number of carbonyl (C=O) groups excluding carboxylic acids is 1. The van der Waals surface area contributed by atoms with Crippen LogP contribution in [0.25, 0.3) is 15.9 Å². The molecule has 4 aromatic rings. The van der Waals surface area contributed by atoms with Gasteiger partial charge in [-0.3, -0.25) is 14.2 Å². The van der Waals surface area contributed by atoms with E-state index in [-0.39, 0.29) is 12.2 Å². The zero-order chi connectivity index (χ0) is 22.3. The summed E-state index contributed by atoms with van der Waals surface area (Å²) in [6.07, 6.45) is 0. The first-order valence-electron chi connectivity index (χ1n) is 9.32. The monoisotopic (exact) mass is 457 g/mol. The van der Waals surface area contributed by atoms with Crippen LogP contribution in [0, 0.1) is 19.7 Å². The highest BCUT2D eigenvalue weighted by atomic mass is 35.5. The van der Waals surface area contributed by atoms with Gasteiger partial charge in [0.15, 0.2) is 0 Å². The van der Waals surface area contributed by atoms with Crippen molar-refractivity contribution in [2.45, 2.75) is 20.4 Å². The SMILES string of the molecule is Cc1ccc(NC(=O)Cn2c(=O)n(-c3ccc(F)cc3C)c(=O)c3sccc32)cc1Cl. The van der Waals surface area contributed by atoms with Crippen molar-refractivity contribution >= 4 is 44.7 Å². The topological polar surface area (TPSA) is 73.1 Å². The summed E-state index contributed by atoms with van der Waals surface area (Å²) in [7, 11) is 0. The van der Waals surface area contributed by atoms with Crippen LogP contribution in [0.5, 0.6) is 0 Å². The number of nitrogens with one attached hydrogen (secondary N) is 1. The third kappa shape index (κ3) is 3.92. The van der Waals surface area contributed by atoms with Crippen LogP contribution in [0.2, 0.25) is 5.02 Å². The molecule has 1 amide bonds. The zero-order valence-corrected chi connectivity index (χ0v) is 18.2. The Morgan fingerprint density at radius 2 is 1.87 bits per heavy atom. The Kier molecular flexibility index (Phi) is 5.51. The summed E-state index contributed by atoms with van der Waals surface area (Å²) in [5, 5.41) is 4.91. The summed E-state index contributed by atoms with van der Waals surface area (Å²) < 4.78 is 16.1. The highest BCUT2D eigenvalue weighted by molar-refractivity contribution is 7.17. The number of halogens is 2. The van der Waals surface area contributed by atoms with E-state index in [0.29, 0.717) is 26.5 Å². The third-order valence-corrected chi connectivity index (χ3v) is 6.21. The van der Waals surface area contributed by atoms with E-state index < -0.39 is 23.0 Å². The minimum Gasteiger partial charge on any atom is -0.324 e. The molecule has 0 radical (unpaired) electrons. The fourth-order valence-electron chi connectivity index (χ4n) is 3.34. The molecular weight excluding hydrogens is 441 g/mol. The van der Waals surface area contributed by atoms with Gasteiger partial charge in [0.05, 0.1) is 11.2 Å². The van der Waals surface area contributed by atoms with Gasteiger partial charge in [-0.1, -0.05) is 17.7 Å². The van der Waals surface area contributed by atoms with Crippen LogP contribution in [0.1, 0.15) is 11.1 Å². The van der Waals surface area contributed by atoms with Gasteiger partial charge in [-0.15, -0.1) is 11.3 Å². The number of nitrogens with zero attached hydrogens (tertiary/aromatic N) is 2. The van der Waals surface area contributed by atoms with Crippen LogP contribution in [0.3, 0.4) is 0 Å². The average Bonchev–Trinajstić information content (AvgIpc) is 3.20. The highest BCUT2D eigenvalue weighted by Gasteiger charge is 2.19. The predicted octanol–water partition coefficient (Wildman–Crippen LogP) is 4.26. The number of fused-ring (bicyclic) bond motifs is 1. The van der Waals surface area contributed by atoms with E-state index in [2.05, 4.69) is 5.32 Å². The summed E-state index contributed by atoms with van der Waals surface area (Å²) in [6.45, 7) is 3.15. The summed E-state index contributed by atoms with van der Waals surface area (Å²) in [5.41, 5.74) is 1.25. The van der Waals surface area contributed by atoms with E-state index in [9.17, 15) is 18.8 Å². The molecule has 2 aromatic heterocycles. The predicted molar refractivity (Wildman–Crippen MR) is 121 cm³/mol. The minimum atomic E-state index is -0.678. The van der Waals surface area contributed by atoms with E-state index in [1.165, 1.54) is 34.1 Å². The molecule has 9 heteroatoms. The number of hydrogen-bond acceptors (Lipinski definition) is 4. The molecule has 2 heterocycles. The first kappa shape index (κ1) is 21.0. The normalized spacial score (nSPS) is 11.1. The lowest BCUT2D eigenvalue weighted by atomic mass is 10.2. The number of anilines is 1. The van der Waals surface area contributed by atoms with Crippen LogP contribution >= 0.6 is 22.9 Å². The molecule has 0 saturated carbocycles. The second kappa shape index (κ2) is 8.13. The molecule has 0 unspecified atom stereocenters. The lowest BCUT2D eigenvalue weighted by molar-refractivity contribution is -0.116. The van der Waals surface area contributed by atoms with Crippen LogP contribution < -0.4 is 16.6 Å². The Bertz CT molecular complexity index is 1450. The van der Waals surface area contributed by atoms with Crippen molar-refractivity contribution in [2.75, 3.05) is 5.32 Å². The number of aryl methyl sites for hydroxylation is 2. The highest BCUT2D eigenvalue weighted by Crippen LogP contribution is 2.21. The summed E-state index contributed by atoms with van der Waals surface area (Å²) in [5.74, 6) is -0.918. The molecule has 0 atom stereocenters. The van der Waals surface area contributed by atoms with E-state index in [4.69, 9.17) is 11.6 Å². The first-order chi connectivity index (χ1) is 14.8. The van der Waals surface area contributed by atoms with E-state index in [1.54, 1.807) is 36.6 Å². The van der Waals surface area contributed by atoms with Crippen molar-refractivity contribution in [1.29, 1.82) is 0 Å². The molecule has 0 saturated heterocycles. The molecule has 4 rings (SSSR count). The van der Waals surface area contributed by atoms with E-state index in [0.717, 1.165) is 10.1 Å². The maximum atomic E-state index is 13.5. The van der Waals surface area contributed by atoms with Gasteiger partial charge in [0.1, 0.15) is 17.1 Å². The van der Waals surface area contributed by atoms with Crippen molar-refractivity contribution in [1.82, 2.24) is 9.13 Å². The number of aromatic nitrogens is 2. The summed E-state index contributed by atoms with van der Waals surface area (Å²) >= 11 is 7.28. The van der Waals surface area contributed by atoms with Crippen LogP contribution in [-0.4, -0.2) is 15.0 Å². The van der Waals surface area contributed by atoms with Gasteiger partial charge in [0.2, 0.25) is 5.91 Å². The van der Waals surface area contributed by atoms with Gasteiger partial charge in [0, 0.05) is 10.7 Å². The molecule has 0 aliphatic heterocycles. The Morgan fingerprint density at radius 1 is 1.10 bits per heavy atom. The van der Waals surface area contributed by atoms with E-state index in [1.807, 2.05) is 6.92 Å². The molecular formula is C22H17ClFN3O3S. The Labute approximate surface area is 185 Å². The second-order valence-corrected chi connectivity index (χ2v) is 8.41. The fraction of sp³-hybridized carbons (Fsp3) is 0.136. The minimum absolute atomic E-state index is 0.270. The van der Waals surface area contributed by atoms with Crippen molar-refractivity contribution in [3.05, 3.63) is 90.6 Å². The van der Waals surface area contributed by atoms with Crippen molar-refractivity contribution in [3.63, 3.8) is 0 Å². The maximum absolute atomic E-state index is 13.5. The number of hydrogen-bond donors (Lipinski definition) is 1. The third-order valence-electron chi connectivity index (χ3n) is 4.91. The smallest absolute Gasteiger partial charge is 0.324 e. The average molecular weight is 458 g/mol. The second-order valence-electron chi connectivity index (χ2n) is 7.09. The van der Waals surface area contributed by atoms with Crippen LogP contribution in [-0.2, 0) is 11.3 Å². The molecule has 31 heavy (non-hydrogen) atoms. The standard InChI is InChI=1S/C22H17ClFN3O3S/c1-12-3-5-15(10-16(12)23)25-19(28)11-26-18-7-8-31-20(18)21(29)27(22(26)30)17-6-4-14(24)9-13(17)2/h3-10H,11H2,1-2H3,(H,25,28). The molecule has 6 nitrogen and oxygen atoms in total.